The fourth-order valence-electron chi connectivity index (χ4n) is 4.78. The molecule has 27 heavy (non-hydrogen) atoms. The van der Waals surface area contributed by atoms with Gasteiger partial charge in [0.2, 0.25) is 17.7 Å². The van der Waals surface area contributed by atoms with Gasteiger partial charge in [-0.05, 0) is 52.4 Å². The molecule has 8 heteroatoms. The zero-order valence-corrected chi connectivity index (χ0v) is 16.3. The first-order valence-corrected chi connectivity index (χ1v) is 9.94. The van der Waals surface area contributed by atoms with Crippen molar-refractivity contribution in [3.8, 4) is 0 Å². The Balaban J connectivity index is 1.77. The molecule has 3 saturated heterocycles. The number of likely N-dealkylation sites (tertiary alicyclic amines) is 3. The molecule has 0 bridgehead atoms. The second-order valence-corrected chi connectivity index (χ2v) is 8.06. The van der Waals surface area contributed by atoms with Crippen LogP contribution in [-0.4, -0.2) is 82.0 Å². The largest absolute Gasteiger partial charge is 0.330 e. The monoisotopic (exact) mass is 378 g/mol. The summed E-state index contributed by atoms with van der Waals surface area (Å²) in [6, 6.07) is -1.06. The van der Waals surface area contributed by atoms with Crippen LogP contribution in [0.1, 0.15) is 52.4 Å². The van der Waals surface area contributed by atoms with Gasteiger partial charge in [0.25, 0.3) is 0 Å². The number of rotatable bonds is 4. The van der Waals surface area contributed by atoms with E-state index < -0.39 is 17.6 Å². The maximum atomic E-state index is 13.2. The minimum absolute atomic E-state index is 0.0141. The number of hydrogen-bond acceptors (Lipinski definition) is 5. The van der Waals surface area contributed by atoms with Crippen LogP contribution in [0, 0.1) is 0 Å². The second kappa shape index (κ2) is 7.58. The van der Waals surface area contributed by atoms with Gasteiger partial charge in [-0.15, -0.1) is 0 Å². The molecule has 150 valence electrons. The molecule has 3 aliphatic heterocycles. The molecule has 0 aromatic heterocycles. The first kappa shape index (κ1) is 19.8. The molecule has 0 aromatic carbocycles. The molecule has 3 atom stereocenters. The van der Waals surface area contributed by atoms with Crippen LogP contribution < -0.4 is 5.73 Å². The minimum Gasteiger partial charge on any atom is -0.330 e. The predicted octanol–water partition coefficient (Wildman–Crippen LogP) is -0.103. The summed E-state index contributed by atoms with van der Waals surface area (Å²) in [5, 5.41) is 0. The highest BCUT2D eigenvalue weighted by molar-refractivity contribution is 5.96. The molecule has 3 aliphatic rings. The van der Waals surface area contributed by atoms with Crippen molar-refractivity contribution in [3.05, 3.63) is 0 Å². The van der Waals surface area contributed by atoms with Gasteiger partial charge in [-0.1, -0.05) is 0 Å². The standard InChI is InChI=1S/C19H30N4O4/c1-13(24)19(2)8-5-11-23(19)18(27)15-7-4-10-22(15)17(26)14-6-3-9-21(14)16(25)12-20/h14-15H,3-12,20H2,1-2H3. The minimum atomic E-state index is -0.775. The van der Waals surface area contributed by atoms with E-state index in [0.29, 0.717) is 38.9 Å². The molecule has 3 heterocycles. The average molecular weight is 378 g/mol. The van der Waals surface area contributed by atoms with Gasteiger partial charge in [0.1, 0.15) is 12.1 Å². The van der Waals surface area contributed by atoms with Gasteiger partial charge in [-0.25, -0.2) is 0 Å². The zero-order valence-electron chi connectivity index (χ0n) is 16.3. The molecule has 0 radical (unpaired) electrons. The third kappa shape index (κ3) is 3.35. The van der Waals surface area contributed by atoms with E-state index in [2.05, 4.69) is 0 Å². The molecule has 0 saturated carbocycles. The van der Waals surface area contributed by atoms with Crippen molar-refractivity contribution in [2.24, 2.45) is 5.73 Å². The Labute approximate surface area is 160 Å². The summed E-state index contributed by atoms with van der Waals surface area (Å²) in [5.41, 5.74) is 4.70. The molecular weight excluding hydrogens is 348 g/mol. The fourth-order valence-corrected chi connectivity index (χ4v) is 4.78. The Morgan fingerprint density at radius 2 is 1.52 bits per heavy atom. The smallest absolute Gasteiger partial charge is 0.246 e. The molecule has 3 unspecified atom stereocenters. The first-order valence-electron chi connectivity index (χ1n) is 9.94. The van der Waals surface area contributed by atoms with Gasteiger partial charge in [0.15, 0.2) is 5.78 Å². The molecule has 0 spiro atoms. The lowest BCUT2D eigenvalue weighted by Crippen LogP contribution is -2.58. The maximum absolute atomic E-state index is 13.2. The van der Waals surface area contributed by atoms with Gasteiger partial charge in [0.05, 0.1) is 12.1 Å². The summed E-state index contributed by atoms with van der Waals surface area (Å²) < 4.78 is 0. The number of ketones is 1. The Kier molecular flexibility index (Phi) is 5.55. The zero-order chi connectivity index (χ0) is 19.8. The average Bonchev–Trinajstić information content (AvgIpc) is 3.38. The highest BCUT2D eigenvalue weighted by Crippen LogP contribution is 2.33. The number of Topliss-reactive ketones (excluding diaryl/α,β-unsaturated/α-hetero) is 1. The van der Waals surface area contributed by atoms with Crippen LogP contribution in [0.25, 0.3) is 0 Å². The second-order valence-electron chi connectivity index (χ2n) is 8.06. The van der Waals surface area contributed by atoms with Gasteiger partial charge in [-0.2, -0.15) is 0 Å². The summed E-state index contributed by atoms with van der Waals surface area (Å²) in [6.45, 7) is 4.83. The number of amides is 3. The van der Waals surface area contributed by atoms with Crippen molar-refractivity contribution in [2.75, 3.05) is 26.2 Å². The number of nitrogens with zero attached hydrogens (tertiary/aromatic N) is 3. The molecule has 0 aromatic rings. The van der Waals surface area contributed by atoms with E-state index in [0.717, 1.165) is 19.3 Å². The summed E-state index contributed by atoms with van der Waals surface area (Å²) in [7, 11) is 0. The van der Waals surface area contributed by atoms with Crippen LogP contribution in [0.2, 0.25) is 0 Å². The summed E-state index contributed by atoms with van der Waals surface area (Å²) in [5.74, 6) is -0.532. The molecule has 3 rings (SSSR count). The van der Waals surface area contributed by atoms with Crippen molar-refractivity contribution >= 4 is 23.5 Å². The van der Waals surface area contributed by atoms with Crippen LogP contribution in [-0.2, 0) is 19.2 Å². The van der Waals surface area contributed by atoms with Gasteiger partial charge < -0.3 is 20.4 Å². The van der Waals surface area contributed by atoms with Crippen LogP contribution >= 0.6 is 0 Å². The number of carbonyl (C=O) groups is 4. The molecule has 3 fully saturated rings. The van der Waals surface area contributed by atoms with E-state index in [-0.39, 0.29) is 30.0 Å². The molecule has 3 amide bonds. The quantitative estimate of drug-likeness (QED) is 0.735. The number of nitrogens with two attached hydrogens (primary N) is 1. The SMILES string of the molecule is CC(=O)C1(C)CCCN1C(=O)C1CCCN1C(=O)C1CCCN1C(=O)CN. The van der Waals surface area contributed by atoms with Crippen LogP contribution in [0.5, 0.6) is 0 Å². The van der Waals surface area contributed by atoms with Gasteiger partial charge in [0, 0.05) is 19.6 Å². The number of carbonyl (C=O) groups excluding carboxylic acids is 4. The highest BCUT2D eigenvalue weighted by atomic mass is 16.2. The van der Waals surface area contributed by atoms with E-state index in [1.165, 1.54) is 6.92 Å². The van der Waals surface area contributed by atoms with Crippen LogP contribution in [0.3, 0.4) is 0 Å². The first-order chi connectivity index (χ1) is 12.8. The Hall–Kier alpha value is -1.96. The van der Waals surface area contributed by atoms with Gasteiger partial charge in [-0.3, -0.25) is 19.2 Å². The summed E-state index contributed by atoms with van der Waals surface area (Å²) >= 11 is 0. The Morgan fingerprint density at radius 3 is 2.11 bits per heavy atom. The molecule has 2 N–H and O–H groups in total. The molecule has 8 nitrogen and oxygen atoms in total. The van der Waals surface area contributed by atoms with E-state index in [1.807, 2.05) is 6.92 Å². The summed E-state index contributed by atoms with van der Waals surface area (Å²) in [4.78, 5) is 55.4. The van der Waals surface area contributed by atoms with Crippen LogP contribution in [0.15, 0.2) is 0 Å². The molecule has 0 aliphatic carbocycles. The van der Waals surface area contributed by atoms with E-state index in [9.17, 15) is 19.2 Å². The lowest BCUT2D eigenvalue weighted by Gasteiger charge is -2.37. The van der Waals surface area contributed by atoms with Crippen molar-refractivity contribution in [3.63, 3.8) is 0 Å². The lowest BCUT2D eigenvalue weighted by atomic mass is 9.93. The Morgan fingerprint density at radius 1 is 0.926 bits per heavy atom. The van der Waals surface area contributed by atoms with Crippen molar-refractivity contribution in [1.29, 1.82) is 0 Å². The van der Waals surface area contributed by atoms with Crippen LogP contribution in [0.4, 0.5) is 0 Å². The third-order valence-corrected chi connectivity index (χ3v) is 6.52. The van der Waals surface area contributed by atoms with Crippen molar-refractivity contribution in [2.45, 2.75) is 70.0 Å². The van der Waals surface area contributed by atoms with E-state index in [1.54, 1.807) is 14.7 Å². The van der Waals surface area contributed by atoms with Crippen molar-refractivity contribution in [1.82, 2.24) is 14.7 Å². The lowest BCUT2D eigenvalue weighted by molar-refractivity contribution is -0.152. The third-order valence-electron chi connectivity index (χ3n) is 6.52. The maximum Gasteiger partial charge on any atom is 0.246 e. The van der Waals surface area contributed by atoms with Crippen molar-refractivity contribution < 1.29 is 19.2 Å². The predicted molar refractivity (Wildman–Crippen MR) is 98.6 cm³/mol. The van der Waals surface area contributed by atoms with E-state index >= 15 is 0 Å². The van der Waals surface area contributed by atoms with Gasteiger partial charge >= 0.3 is 0 Å². The molecular formula is C19H30N4O4. The summed E-state index contributed by atoms with van der Waals surface area (Å²) in [6.07, 6.45) is 4.19. The Bertz CT molecular complexity index is 652. The fraction of sp³-hybridized carbons (Fsp3) is 0.789. The number of hydrogen-bond donors (Lipinski definition) is 1. The highest BCUT2D eigenvalue weighted by Gasteiger charge is 2.48. The van der Waals surface area contributed by atoms with E-state index in [4.69, 9.17) is 5.73 Å². The normalized spacial score (nSPS) is 30.9. The topological polar surface area (TPSA) is 104 Å².